The van der Waals surface area contributed by atoms with Crippen molar-refractivity contribution >= 4 is 19.4 Å². The van der Waals surface area contributed by atoms with Crippen molar-refractivity contribution in [2.24, 2.45) is 0 Å². The molecule has 0 saturated carbocycles. The molecular formula is C21H28OSi. The number of unbranched alkanes of at least 4 members (excludes halogenated alkanes) is 3. The van der Waals surface area contributed by atoms with Crippen molar-refractivity contribution in [1.29, 1.82) is 0 Å². The van der Waals surface area contributed by atoms with Crippen LogP contribution in [0.25, 0.3) is 0 Å². The van der Waals surface area contributed by atoms with Crippen LogP contribution in [0.1, 0.15) is 39.0 Å². The van der Waals surface area contributed by atoms with Gasteiger partial charge in [0.15, 0.2) is 0 Å². The Morgan fingerprint density at radius 2 is 1.35 bits per heavy atom. The minimum atomic E-state index is -1.54. The van der Waals surface area contributed by atoms with Crippen LogP contribution >= 0.6 is 0 Å². The molecule has 1 nitrogen and oxygen atoms in total. The second kappa shape index (κ2) is 10.2. The number of hydrogen-bond acceptors (Lipinski definition) is 1. The summed E-state index contributed by atoms with van der Waals surface area (Å²) in [5, 5.41) is 2.72. The van der Waals surface area contributed by atoms with E-state index >= 15 is 0 Å². The van der Waals surface area contributed by atoms with Gasteiger partial charge in [0.25, 0.3) is 0 Å². The SMILES string of the molecule is C=C(C)CCCCCCO[SiH](c1ccccc1)c1ccccc1. The standard InChI is InChI=1S/C21H28OSi/c1-19(2)13-7-3-4-12-18-22-23(20-14-8-5-9-15-20)21-16-10-6-11-17-21/h5-6,8-11,14-17,23H,1,3-4,7,12-13,18H2,2H3. The normalized spacial score (nSPS) is 10.9. The lowest BCUT2D eigenvalue weighted by molar-refractivity contribution is 0.318. The Hall–Kier alpha value is -1.64. The summed E-state index contributed by atoms with van der Waals surface area (Å²) in [5.74, 6) is 0. The molecule has 0 bridgehead atoms. The Morgan fingerprint density at radius 3 is 1.87 bits per heavy atom. The number of hydrogen-bond donors (Lipinski definition) is 0. The largest absolute Gasteiger partial charge is 0.411 e. The fourth-order valence-electron chi connectivity index (χ4n) is 2.72. The van der Waals surface area contributed by atoms with E-state index in [1.807, 2.05) is 0 Å². The summed E-state index contributed by atoms with van der Waals surface area (Å²) in [6.07, 6.45) is 6.09. The first kappa shape index (κ1) is 17.7. The van der Waals surface area contributed by atoms with Crippen LogP contribution in [-0.2, 0) is 4.43 Å². The Bertz CT molecular complexity index is 525. The Morgan fingerprint density at radius 1 is 0.826 bits per heavy atom. The highest BCUT2D eigenvalue weighted by atomic mass is 28.3. The van der Waals surface area contributed by atoms with Crippen LogP contribution < -0.4 is 10.4 Å². The third kappa shape index (κ3) is 6.55. The molecule has 0 saturated heterocycles. The third-order valence-corrected chi connectivity index (χ3v) is 6.54. The first-order valence-electron chi connectivity index (χ1n) is 8.63. The quantitative estimate of drug-likeness (QED) is 0.364. The van der Waals surface area contributed by atoms with Crippen LogP contribution in [0.5, 0.6) is 0 Å². The summed E-state index contributed by atoms with van der Waals surface area (Å²) < 4.78 is 6.36. The Balaban J connectivity index is 1.83. The van der Waals surface area contributed by atoms with Gasteiger partial charge in [-0.05, 0) is 36.6 Å². The lowest BCUT2D eigenvalue weighted by Gasteiger charge is -2.17. The zero-order valence-corrected chi connectivity index (χ0v) is 15.4. The Kier molecular flexibility index (Phi) is 7.85. The summed E-state index contributed by atoms with van der Waals surface area (Å²) in [4.78, 5) is 0. The van der Waals surface area contributed by atoms with Crippen molar-refractivity contribution in [2.45, 2.75) is 39.0 Å². The van der Waals surface area contributed by atoms with E-state index < -0.39 is 9.04 Å². The molecule has 0 amide bonds. The Labute approximate surface area is 142 Å². The van der Waals surface area contributed by atoms with Crippen molar-refractivity contribution in [3.8, 4) is 0 Å². The molecule has 0 spiro atoms. The molecule has 2 aromatic rings. The van der Waals surface area contributed by atoms with E-state index in [0.717, 1.165) is 19.4 Å². The van der Waals surface area contributed by atoms with Crippen molar-refractivity contribution in [3.63, 3.8) is 0 Å². The summed E-state index contributed by atoms with van der Waals surface area (Å²) in [6.45, 7) is 6.94. The molecule has 0 N–H and O–H groups in total. The molecule has 0 radical (unpaired) electrons. The topological polar surface area (TPSA) is 9.23 Å². The van der Waals surface area contributed by atoms with Crippen LogP contribution in [0, 0.1) is 0 Å². The van der Waals surface area contributed by atoms with Crippen molar-refractivity contribution < 1.29 is 4.43 Å². The van der Waals surface area contributed by atoms with Gasteiger partial charge in [-0.1, -0.05) is 79.1 Å². The molecule has 2 heteroatoms. The van der Waals surface area contributed by atoms with Crippen molar-refractivity contribution in [2.75, 3.05) is 6.61 Å². The van der Waals surface area contributed by atoms with E-state index in [1.165, 1.54) is 35.2 Å². The maximum Gasteiger partial charge on any atom is 0.239 e. The molecule has 2 aromatic carbocycles. The van der Waals surface area contributed by atoms with Crippen LogP contribution in [-0.4, -0.2) is 15.6 Å². The van der Waals surface area contributed by atoms with Gasteiger partial charge in [-0.15, -0.1) is 6.58 Å². The third-order valence-electron chi connectivity index (χ3n) is 3.99. The van der Waals surface area contributed by atoms with E-state index in [-0.39, 0.29) is 0 Å². The van der Waals surface area contributed by atoms with Gasteiger partial charge in [-0.2, -0.15) is 0 Å². The molecule has 23 heavy (non-hydrogen) atoms. The van der Waals surface area contributed by atoms with Crippen LogP contribution in [0.15, 0.2) is 72.8 Å². The molecule has 0 atom stereocenters. The van der Waals surface area contributed by atoms with Gasteiger partial charge >= 0.3 is 0 Å². The molecule has 0 aliphatic rings. The molecule has 0 unspecified atom stereocenters. The van der Waals surface area contributed by atoms with Crippen LogP contribution in [0.2, 0.25) is 0 Å². The molecule has 2 rings (SSSR count). The smallest absolute Gasteiger partial charge is 0.239 e. The fourth-order valence-corrected chi connectivity index (χ4v) is 5.04. The van der Waals surface area contributed by atoms with Crippen molar-refractivity contribution in [3.05, 3.63) is 72.8 Å². The number of benzene rings is 2. The molecule has 0 fully saturated rings. The zero-order chi connectivity index (χ0) is 16.3. The summed E-state index contributed by atoms with van der Waals surface area (Å²) in [5.41, 5.74) is 1.29. The second-order valence-corrected chi connectivity index (χ2v) is 8.62. The van der Waals surface area contributed by atoms with Gasteiger partial charge in [-0.3, -0.25) is 0 Å². The number of allylic oxidation sites excluding steroid dienone is 1. The van der Waals surface area contributed by atoms with E-state index in [1.54, 1.807) is 0 Å². The lowest BCUT2D eigenvalue weighted by Crippen LogP contribution is -2.45. The predicted molar refractivity (Wildman–Crippen MR) is 103 cm³/mol. The molecule has 122 valence electrons. The average molecular weight is 325 g/mol. The van der Waals surface area contributed by atoms with Gasteiger partial charge in [0.1, 0.15) is 0 Å². The predicted octanol–water partition coefficient (Wildman–Crippen LogP) is 4.07. The highest BCUT2D eigenvalue weighted by Crippen LogP contribution is 2.08. The summed E-state index contributed by atoms with van der Waals surface area (Å²) in [7, 11) is -1.54. The van der Waals surface area contributed by atoms with Crippen molar-refractivity contribution in [1.82, 2.24) is 0 Å². The van der Waals surface area contributed by atoms with E-state index in [4.69, 9.17) is 4.43 Å². The molecule has 0 aromatic heterocycles. The van der Waals surface area contributed by atoms with Crippen LogP contribution in [0.4, 0.5) is 0 Å². The minimum Gasteiger partial charge on any atom is -0.411 e. The van der Waals surface area contributed by atoms with Gasteiger partial charge in [-0.25, -0.2) is 0 Å². The van der Waals surface area contributed by atoms with E-state index in [2.05, 4.69) is 74.2 Å². The maximum absolute atomic E-state index is 6.36. The van der Waals surface area contributed by atoms with Gasteiger partial charge in [0.05, 0.1) is 0 Å². The minimum absolute atomic E-state index is 0.869. The number of rotatable bonds is 10. The van der Waals surface area contributed by atoms with Gasteiger partial charge in [0.2, 0.25) is 9.04 Å². The highest BCUT2D eigenvalue weighted by Gasteiger charge is 2.16. The highest BCUT2D eigenvalue weighted by molar-refractivity contribution is 6.80. The van der Waals surface area contributed by atoms with Gasteiger partial charge in [0, 0.05) is 6.61 Å². The monoisotopic (exact) mass is 324 g/mol. The lowest BCUT2D eigenvalue weighted by atomic mass is 10.1. The van der Waals surface area contributed by atoms with E-state index in [0.29, 0.717) is 0 Å². The first-order valence-corrected chi connectivity index (χ1v) is 10.3. The molecule has 0 aliphatic heterocycles. The maximum atomic E-state index is 6.36. The molecule has 0 heterocycles. The van der Waals surface area contributed by atoms with Gasteiger partial charge < -0.3 is 4.43 Å². The fraction of sp³-hybridized carbons (Fsp3) is 0.333. The zero-order valence-electron chi connectivity index (χ0n) is 14.2. The summed E-state index contributed by atoms with van der Waals surface area (Å²) >= 11 is 0. The second-order valence-electron chi connectivity index (χ2n) is 6.19. The first-order chi connectivity index (χ1) is 11.3. The average Bonchev–Trinajstić information content (AvgIpc) is 2.59. The van der Waals surface area contributed by atoms with E-state index in [9.17, 15) is 0 Å². The van der Waals surface area contributed by atoms with Crippen LogP contribution in [0.3, 0.4) is 0 Å². The summed E-state index contributed by atoms with van der Waals surface area (Å²) in [6, 6.07) is 21.4. The molecule has 0 aliphatic carbocycles. The molecular weight excluding hydrogens is 296 g/mol.